The molecule has 3 aromatic rings. The zero-order valence-corrected chi connectivity index (χ0v) is 16.2. The van der Waals surface area contributed by atoms with E-state index in [4.69, 9.17) is 9.15 Å². The van der Waals surface area contributed by atoms with Gasteiger partial charge in [0.2, 0.25) is 5.89 Å². The van der Waals surface area contributed by atoms with Gasteiger partial charge in [0.15, 0.2) is 0 Å². The van der Waals surface area contributed by atoms with Crippen LogP contribution in [-0.2, 0) is 17.8 Å². The molecule has 1 aromatic heterocycles. The molecular weight excluding hydrogens is 368 g/mol. The fourth-order valence-corrected chi connectivity index (χ4v) is 3.67. The number of ether oxygens (including phenoxy) is 1. The molecule has 1 aliphatic heterocycles. The molecule has 6 nitrogen and oxygen atoms in total. The Morgan fingerprint density at radius 2 is 2.07 bits per heavy atom. The Morgan fingerprint density at radius 1 is 1.21 bits per heavy atom. The Hall–Kier alpha value is -3.12. The highest BCUT2D eigenvalue weighted by atomic mass is 16.5. The molecule has 2 aromatic carbocycles. The second-order valence-electron chi connectivity index (χ2n) is 7.22. The van der Waals surface area contributed by atoms with Crippen LogP contribution >= 0.6 is 0 Å². The number of benzene rings is 2. The molecule has 1 saturated heterocycles. The van der Waals surface area contributed by atoms with Crippen LogP contribution < -0.4 is 4.74 Å². The monoisotopic (exact) mass is 392 g/mol. The highest BCUT2D eigenvalue weighted by molar-refractivity contribution is 5.73. The maximum absolute atomic E-state index is 11.4. The Bertz CT molecular complexity index is 954. The van der Waals surface area contributed by atoms with Crippen molar-refractivity contribution in [3.05, 3.63) is 72.1 Å². The summed E-state index contributed by atoms with van der Waals surface area (Å²) in [7, 11) is 0. The number of likely N-dealkylation sites (tertiary alicyclic amines) is 1. The van der Waals surface area contributed by atoms with Crippen molar-refractivity contribution in [2.45, 2.75) is 31.8 Å². The molecule has 0 unspecified atom stereocenters. The van der Waals surface area contributed by atoms with Gasteiger partial charge in [0, 0.05) is 18.5 Å². The molecule has 0 amide bonds. The molecule has 0 bridgehead atoms. The lowest BCUT2D eigenvalue weighted by molar-refractivity contribution is -0.142. The minimum Gasteiger partial charge on any atom is -0.493 e. The summed E-state index contributed by atoms with van der Waals surface area (Å²) in [5, 5.41) is 9.34. The number of oxazole rings is 1. The smallest absolute Gasteiger partial charge is 0.320 e. The van der Waals surface area contributed by atoms with E-state index in [0.29, 0.717) is 31.9 Å². The van der Waals surface area contributed by atoms with Crippen LogP contribution in [0.25, 0.3) is 11.5 Å². The topological polar surface area (TPSA) is 75.8 Å². The number of aliphatic carboxylic acids is 1. The number of rotatable bonds is 8. The molecule has 6 heteroatoms. The van der Waals surface area contributed by atoms with Crippen LogP contribution in [0.2, 0.25) is 0 Å². The van der Waals surface area contributed by atoms with Crippen LogP contribution in [0.15, 0.2) is 65.3 Å². The van der Waals surface area contributed by atoms with E-state index in [1.54, 1.807) is 6.26 Å². The summed E-state index contributed by atoms with van der Waals surface area (Å²) in [5.74, 6) is 0.652. The Balaban J connectivity index is 1.31. The number of nitrogens with zero attached hydrogens (tertiary/aromatic N) is 2. The summed E-state index contributed by atoms with van der Waals surface area (Å²) < 4.78 is 11.4. The van der Waals surface area contributed by atoms with Crippen molar-refractivity contribution in [3.63, 3.8) is 0 Å². The number of carboxylic acids is 1. The fourth-order valence-electron chi connectivity index (χ4n) is 3.67. The first-order valence-corrected chi connectivity index (χ1v) is 9.87. The van der Waals surface area contributed by atoms with Crippen LogP contribution in [0.5, 0.6) is 5.75 Å². The number of carbonyl (C=O) groups is 1. The third-order valence-electron chi connectivity index (χ3n) is 5.13. The van der Waals surface area contributed by atoms with E-state index >= 15 is 0 Å². The lowest BCUT2D eigenvalue weighted by Gasteiger charge is -2.21. The second kappa shape index (κ2) is 8.92. The predicted molar refractivity (Wildman–Crippen MR) is 109 cm³/mol. The molecule has 0 aliphatic carbocycles. The number of hydrogen-bond donors (Lipinski definition) is 1. The van der Waals surface area contributed by atoms with E-state index in [9.17, 15) is 9.90 Å². The molecule has 150 valence electrons. The normalized spacial score (nSPS) is 16.8. The van der Waals surface area contributed by atoms with E-state index in [1.807, 2.05) is 59.5 Å². The van der Waals surface area contributed by atoms with Crippen molar-refractivity contribution in [1.29, 1.82) is 0 Å². The average molecular weight is 392 g/mol. The number of carboxylic acid groups (broad SMARTS) is 1. The van der Waals surface area contributed by atoms with Gasteiger partial charge in [-0.2, -0.15) is 0 Å². The van der Waals surface area contributed by atoms with Crippen molar-refractivity contribution in [2.75, 3.05) is 13.2 Å². The first kappa shape index (κ1) is 19.2. The molecule has 2 heterocycles. The highest BCUT2D eigenvalue weighted by Crippen LogP contribution is 2.23. The largest absolute Gasteiger partial charge is 0.493 e. The lowest BCUT2D eigenvalue weighted by atomic mass is 10.1. The van der Waals surface area contributed by atoms with Gasteiger partial charge >= 0.3 is 5.97 Å². The summed E-state index contributed by atoms with van der Waals surface area (Å²) in [4.78, 5) is 17.9. The Labute approximate surface area is 169 Å². The molecule has 29 heavy (non-hydrogen) atoms. The Morgan fingerprint density at radius 3 is 2.90 bits per heavy atom. The molecule has 0 saturated carbocycles. The predicted octanol–water partition coefficient (Wildman–Crippen LogP) is 4.01. The van der Waals surface area contributed by atoms with Crippen molar-refractivity contribution in [3.8, 4) is 17.2 Å². The summed E-state index contributed by atoms with van der Waals surface area (Å²) in [6, 6.07) is 17.3. The molecule has 0 radical (unpaired) electrons. The minimum atomic E-state index is -0.739. The van der Waals surface area contributed by atoms with Crippen LogP contribution in [-0.4, -0.2) is 40.2 Å². The van der Waals surface area contributed by atoms with Gasteiger partial charge in [0.25, 0.3) is 0 Å². The molecule has 0 spiro atoms. The van der Waals surface area contributed by atoms with E-state index in [1.165, 1.54) is 0 Å². The van der Waals surface area contributed by atoms with Crippen molar-refractivity contribution < 1.29 is 19.1 Å². The summed E-state index contributed by atoms with van der Waals surface area (Å²) in [6.07, 6.45) is 3.96. The highest BCUT2D eigenvalue weighted by Gasteiger charge is 2.30. The zero-order chi connectivity index (χ0) is 20.1. The maximum Gasteiger partial charge on any atom is 0.320 e. The van der Waals surface area contributed by atoms with E-state index in [0.717, 1.165) is 35.5 Å². The van der Waals surface area contributed by atoms with Crippen LogP contribution in [0, 0.1) is 0 Å². The van der Waals surface area contributed by atoms with Gasteiger partial charge in [-0.3, -0.25) is 9.69 Å². The quantitative estimate of drug-likeness (QED) is 0.624. The zero-order valence-electron chi connectivity index (χ0n) is 16.2. The van der Waals surface area contributed by atoms with Gasteiger partial charge < -0.3 is 14.3 Å². The SMILES string of the molecule is O=C(O)[C@H]1CCCN1Cc1cccc(OCCc2coc(-c3ccccc3)n2)c1. The third-order valence-corrected chi connectivity index (χ3v) is 5.13. The maximum atomic E-state index is 11.4. The molecule has 1 fully saturated rings. The molecule has 1 atom stereocenters. The molecular formula is C23H24N2O4. The van der Waals surface area contributed by atoms with E-state index in [-0.39, 0.29) is 6.04 Å². The standard InChI is InChI=1S/C23H24N2O4/c26-23(27)21-10-5-12-25(21)15-17-6-4-9-20(14-17)28-13-11-19-16-29-22(24-19)18-7-2-1-3-8-18/h1-4,6-9,14,16,21H,5,10-13,15H2,(H,26,27)/t21-/m1/s1. The number of aromatic nitrogens is 1. The molecule has 4 rings (SSSR count). The van der Waals surface area contributed by atoms with Crippen LogP contribution in [0.1, 0.15) is 24.1 Å². The number of hydrogen-bond acceptors (Lipinski definition) is 5. The molecule has 1 N–H and O–H groups in total. The van der Waals surface area contributed by atoms with Gasteiger partial charge in [-0.1, -0.05) is 30.3 Å². The lowest BCUT2D eigenvalue weighted by Crippen LogP contribution is -2.35. The second-order valence-corrected chi connectivity index (χ2v) is 7.22. The van der Waals surface area contributed by atoms with Gasteiger partial charge in [0.05, 0.1) is 12.3 Å². The summed E-state index contributed by atoms with van der Waals surface area (Å²) >= 11 is 0. The average Bonchev–Trinajstić information content (AvgIpc) is 3.39. The van der Waals surface area contributed by atoms with Crippen molar-refractivity contribution >= 4 is 5.97 Å². The Kier molecular flexibility index (Phi) is 5.91. The third kappa shape index (κ3) is 4.84. The van der Waals surface area contributed by atoms with Crippen molar-refractivity contribution in [2.24, 2.45) is 0 Å². The van der Waals surface area contributed by atoms with Gasteiger partial charge in [-0.25, -0.2) is 4.98 Å². The van der Waals surface area contributed by atoms with E-state index in [2.05, 4.69) is 4.98 Å². The fraction of sp³-hybridized carbons (Fsp3) is 0.304. The van der Waals surface area contributed by atoms with E-state index < -0.39 is 5.97 Å². The molecule has 1 aliphatic rings. The van der Waals surface area contributed by atoms with Gasteiger partial charge in [0.1, 0.15) is 18.1 Å². The van der Waals surface area contributed by atoms with Gasteiger partial charge in [-0.05, 0) is 49.2 Å². The van der Waals surface area contributed by atoms with Crippen LogP contribution in [0.3, 0.4) is 0 Å². The van der Waals surface area contributed by atoms with Gasteiger partial charge in [-0.15, -0.1) is 0 Å². The minimum absolute atomic E-state index is 0.384. The first-order chi connectivity index (χ1) is 14.2. The van der Waals surface area contributed by atoms with Crippen LogP contribution in [0.4, 0.5) is 0 Å². The summed E-state index contributed by atoms with van der Waals surface area (Å²) in [6.45, 7) is 1.93. The summed E-state index contributed by atoms with van der Waals surface area (Å²) in [5.41, 5.74) is 2.86. The van der Waals surface area contributed by atoms with Crippen molar-refractivity contribution in [1.82, 2.24) is 9.88 Å². The first-order valence-electron chi connectivity index (χ1n) is 9.87.